The Hall–Kier alpha value is -3.36. The Morgan fingerprint density at radius 1 is 1.15 bits per heavy atom. The number of aromatic nitrogens is 2. The number of nitrogens with one attached hydrogen (secondary N) is 1. The lowest BCUT2D eigenvalue weighted by atomic mass is 10.1. The number of para-hydroxylation sites is 2. The average Bonchev–Trinajstić information content (AvgIpc) is 3.08. The van der Waals surface area contributed by atoms with Gasteiger partial charge in [-0.2, -0.15) is 5.26 Å². The molecule has 5 heteroatoms. The lowest BCUT2D eigenvalue weighted by Crippen LogP contribution is -2.27. The summed E-state index contributed by atoms with van der Waals surface area (Å²) in [6, 6.07) is 22.0. The Kier molecular flexibility index (Phi) is 4.49. The fraction of sp³-hybridized carbons (Fsp3) is 0.182. The van der Waals surface area contributed by atoms with Gasteiger partial charge < -0.3 is 10.4 Å². The molecule has 0 amide bonds. The van der Waals surface area contributed by atoms with Crippen LogP contribution < -0.4 is 5.32 Å². The van der Waals surface area contributed by atoms with Crippen molar-refractivity contribution in [2.24, 2.45) is 0 Å². The van der Waals surface area contributed by atoms with Gasteiger partial charge in [0.15, 0.2) is 5.65 Å². The molecule has 1 unspecified atom stereocenters. The molecule has 1 atom stereocenters. The number of pyridine rings is 1. The van der Waals surface area contributed by atoms with E-state index in [2.05, 4.69) is 28.5 Å². The SMILES string of the molecule is Cc1cc(NC(CO)Cc2ccccc2)n2c(nc3ccccc32)c1C#N. The van der Waals surface area contributed by atoms with Crippen molar-refractivity contribution in [3.63, 3.8) is 0 Å². The van der Waals surface area contributed by atoms with Gasteiger partial charge in [0, 0.05) is 0 Å². The monoisotopic (exact) mass is 356 g/mol. The number of benzene rings is 2. The highest BCUT2D eigenvalue weighted by Gasteiger charge is 2.17. The van der Waals surface area contributed by atoms with Gasteiger partial charge in [-0.1, -0.05) is 42.5 Å². The average molecular weight is 356 g/mol. The van der Waals surface area contributed by atoms with E-state index in [1.807, 2.05) is 59.9 Å². The predicted molar refractivity (Wildman–Crippen MR) is 107 cm³/mol. The first-order chi connectivity index (χ1) is 13.2. The molecule has 2 N–H and O–H groups in total. The highest BCUT2D eigenvalue weighted by molar-refractivity contribution is 5.85. The number of hydrogen-bond donors (Lipinski definition) is 2. The van der Waals surface area contributed by atoms with E-state index >= 15 is 0 Å². The number of aryl methyl sites for hydroxylation is 1. The van der Waals surface area contributed by atoms with Crippen LogP contribution in [0.3, 0.4) is 0 Å². The fourth-order valence-corrected chi connectivity index (χ4v) is 3.47. The third-order valence-corrected chi connectivity index (χ3v) is 4.78. The Labute approximate surface area is 157 Å². The second-order valence-electron chi connectivity index (χ2n) is 6.67. The first-order valence-corrected chi connectivity index (χ1v) is 8.93. The number of nitrogens with zero attached hydrogens (tertiary/aromatic N) is 3. The topological polar surface area (TPSA) is 73.3 Å². The molecule has 0 spiro atoms. The first kappa shape index (κ1) is 17.1. The maximum Gasteiger partial charge on any atom is 0.157 e. The standard InChI is InChI=1S/C22H20N4O/c1-15-11-21(24-17(14-27)12-16-7-3-2-4-8-16)26-20-10-6-5-9-19(20)25-22(26)18(15)13-23/h2-11,17,24,27H,12,14H2,1H3. The van der Waals surface area contributed by atoms with E-state index < -0.39 is 0 Å². The lowest BCUT2D eigenvalue weighted by molar-refractivity contribution is 0.273. The minimum atomic E-state index is -0.149. The van der Waals surface area contributed by atoms with Crippen LogP contribution in [0.25, 0.3) is 16.7 Å². The predicted octanol–water partition coefficient (Wildman–Crippen LogP) is 3.68. The first-order valence-electron chi connectivity index (χ1n) is 8.93. The largest absolute Gasteiger partial charge is 0.394 e. The molecule has 5 nitrogen and oxygen atoms in total. The maximum atomic E-state index is 9.91. The molecule has 0 radical (unpaired) electrons. The second-order valence-corrected chi connectivity index (χ2v) is 6.67. The zero-order valence-corrected chi connectivity index (χ0v) is 15.1. The van der Waals surface area contributed by atoms with Gasteiger partial charge in [-0.05, 0) is 42.7 Å². The minimum absolute atomic E-state index is 0.00205. The van der Waals surface area contributed by atoms with Gasteiger partial charge in [0.05, 0.1) is 29.2 Å². The Morgan fingerprint density at radius 2 is 1.89 bits per heavy atom. The van der Waals surface area contributed by atoms with E-state index in [1.165, 1.54) is 0 Å². The number of aliphatic hydroxyl groups excluding tert-OH is 1. The summed E-state index contributed by atoms with van der Waals surface area (Å²) in [4.78, 5) is 4.66. The quantitative estimate of drug-likeness (QED) is 0.572. The van der Waals surface area contributed by atoms with Crippen LogP contribution in [0, 0.1) is 18.3 Å². The van der Waals surface area contributed by atoms with Gasteiger partial charge in [-0.3, -0.25) is 4.40 Å². The summed E-state index contributed by atoms with van der Waals surface area (Å²) < 4.78 is 1.97. The normalized spacial score (nSPS) is 12.2. The van der Waals surface area contributed by atoms with Crippen molar-refractivity contribution < 1.29 is 5.11 Å². The molecule has 2 aromatic carbocycles. The van der Waals surface area contributed by atoms with Crippen LogP contribution in [0.1, 0.15) is 16.7 Å². The van der Waals surface area contributed by atoms with E-state index in [-0.39, 0.29) is 12.6 Å². The van der Waals surface area contributed by atoms with E-state index in [9.17, 15) is 10.4 Å². The van der Waals surface area contributed by atoms with Gasteiger partial charge in [-0.25, -0.2) is 4.98 Å². The van der Waals surface area contributed by atoms with Crippen molar-refractivity contribution in [3.05, 3.63) is 77.4 Å². The molecule has 134 valence electrons. The van der Waals surface area contributed by atoms with Crippen LogP contribution in [0.15, 0.2) is 60.7 Å². The summed E-state index contributed by atoms with van der Waals surface area (Å²) in [6.07, 6.45) is 0.699. The van der Waals surface area contributed by atoms with Crippen molar-refractivity contribution in [2.75, 3.05) is 11.9 Å². The molecule has 4 rings (SSSR count). The number of hydrogen-bond acceptors (Lipinski definition) is 4. The van der Waals surface area contributed by atoms with Gasteiger partial charge >= 0.3 is 0 Å². The maximum absolute atomic E-state index is 9.91. The molecule has 2 aromatic heterocycles. The number of rotatable bonds is 5. The molecule has 0 aliphatic carbocycles. The molecule has 0 saturated heterocycles. The van der Waals surface area contributed by atoms with Crippen LogP contribution in [0.4, 0.5) is 5.82 Å². The van der Waals surface area contributed by atoms with Crippen molar-refractivity contribution >= 4 is 22.5 Å². The van der Waals surface area contributed by atoms with E-state index in [0.29, 0.717) is 17.6 Å². The Balaban J connectivity index is 1.82. The number of imidazole rings is 1. The third-order valence-electron chi connectivity index (χ3n) is 4.78. The van der Waals surface area contributed by atoms with Gasteiger partial charge in [0.25, 0.3) is 0 Å². The molecule has 0 aliphatic rings. The van der Waals surface area contributed by atoms with Crippen LogP contribution in [0.5, 0.6) is 0 Å². The summed E-state index contributed by atoms with van der Waals surface area (Å²) in [6.45, 7) is 1.91. The molecule has 4 aromatic rings. The van der Waals surface area contributed by atoms with Crippen molar-refractivity contribution in [1.29, 1.82) is 5.26 Å². The Bertz CT molecular complexity index is 1140. The molecule has 2 heterocycles. The molecule has 0 saturated carbocycles. The molecule has 0 fully saturated rings. The zero-order chi connectivity index (χ0) is 18.8. The summed E-state index contributed by atoms with van der Waals surface area (Å²) in [7, 11) is 0. The van der Waals surface area contributed by atoms with Gasteiger partial charge in [0.1, 0.15) is 11.9 Å². The van der Waals surface area contributed by atoms with E-state index in [0.717, 1.165) is 28.0 Å². The second kappa shape index (κ2) is 7.10. The van der Waals surface area contributed by atoms with Crippen LogP contribution >= 0.6 is 0 Å². The van der Waals surface area contributed by atoms with Gasteiger partial charge in [0.2, 0.25) is 0 Å². The van der Waals surface area contributed by atoms with E-state index in [4.69, 9.17) is 0 Å². The van der Waals surface area contributed by atoms with E-state index in [1.54, 1.807) is 0 Å². The number of anilines is 1. The fourth-order valence-electron chi connectivity index (χ4n) is 3.47. The number of aliphatic hydroxyl groups is 1. The number of fused-ring (bicyclic) bond motifs is 3. The summed E-state index contributed by atoms with van der Waals surface area (Å²) in [5, 5.41) is 23.0. The molecule has 0 bridgehead atoms. The van der Waals surface area contributed by atoms with Crippen LogP contribution in [-0.2, 0) is 6.42 Å². The molecular weight excluding hydrogens is 336 g/mol. The molecule has 27 heavy (non-hydrogen) atoms. The highest BCUT2D eigenvalue weighted by Crippen LogP contribution is 2.27. The molecular formula is C22H20N4O. The van der Waals surface area contributed by atoms with Crippen LogP contribution in [0.2, 0.25) is 0 Å². The van der Waals surface area contributed by atoms with Gasteiger partial charge in [-0.15, -0.1) is 0 Å². The Morgan fingerprint density at radius 3 is 2.63 bits per heavy atom. The lowest BCUT2D eigenvalue weighted by Gasteiger charge is -2.20. The van der Waals surface area contributed by atoms with Crippen molar-refractivity contribution in [2.45, 2.75) is 19.4 Å². The smallest absolute Gasteiger partial charge is 0.157 e. The van der Waals surface area contributed by atoms with Crippen molar-refractivity contribution in [1.82, 2.24) is 9.38 Å². The number of nitriles is 1. The summed E-state index contributed by atoms with van der Waals surface area (Å²) in [5.74, 6) is 0.824. The summed E-state index contributed by atoms with van der Waals surface area (Å²) >= 11 is 0. The third kappa shape index (κ3) is 3.12. The van der Waals surface area contributed by atoms with Crippen LogP contribution in [-0.4, -0.2) is 27.1 Å². The van der Waals surface area contributed by atoms with Crippen molar-refractivity contribution in [3.8, 4) is 6.07 Å². The molecule has 0 aliphatic heterocycles. The zero-order valence-electron chi connectivity index (χ0n) is 15.1. The summed E-state index contributed by atoms with van der Waals surface area (Å²) in [5.41, 5.74) is 4.99. The minimum Gasteiger partial charge on any atom is -0.394 e. The highest BCUT2D eigenvalue weighted by atomic mass is 16.3.